The van der Waals surface area contributed by atoms with Crippen LogP contribution in [0.4, 0.5) is 0 Å². The fraction of sp³-hybridized carbons (Fsp3) is 0.533. The van der Waals surface area contributed by atoms with Crippen LogP contribution in [-0.4, -0.2) is 20.7 Å². The molecule has 1 amide bonds. The summed E-state index contributed by atoms with van der Waals surface area (Å²) in [4.78, 5) is 13.8. The van der Waals surface area contributed by atoms with Gasteiger partial charge in [-0.2, -0.15) is 0 Å². The maximum atomic E-state index is 12.4. The van der Waals surface area contributed by atoms with Crippen molar-refractivity contribution in [1.82, 2.24) is 20.1 Å². The van der Waals surface area contributed by atoms with E-state index in [1.54, 1.807) is 17.7 Å². The van der Waals surface area contributed by atoms with Gasteiger partial charge in [0, 0.05) is 16.8 Å². The molecule has 0 aliphatic heterocycles. The van der Waals surface area contributed by atoms with Crippen molar-refractivity contribution in [2.75, 3.05) is 0 Å². The fourth-order valence-electron chi connectivity index (χ4n) is 2.80. The third-order valence-corrected chi connectivity index (χ3v) is 5.14. The van der Waals surface area contributed by atoms with Crippen LogP contribution in [0.3, 0.4) is 0 Å². The van der Waals surface area contributed by atoms with E-state index in [0.717, 1.165) is 36.7 Å². The first-order valence-electron chi connectivity index (χ1n) is 7.43. The number of aromatic nitrogens is 3. The number of aryl methyl sites for hydroxylation is 1. The van der Waals surface area contributed by atoms with E-state index in [1.807, 2.05) is 16.9 Å². The highest BCUT2D eigenvalue weighted by molar-refractivity contribution is 7.10. The summed E-state index contributed by atoms with van der Waals surface area (Å²) in [6.45, 7) is 5.54. The number of carbonyl (C=O) groups excluding carboxylic acids is 1. The van der Waals surface area contributed by atoms with Crippen molar-refractivity contribution < 1.29 is 4.79 Å². The van der Waals surface area contributed by atoms with Crippen LogP contribution in [0.1, 0.15) is 46.9 Å². The first-order valence-corrected chi connectivity index (χ1v) is 8.31. The molecule has 0 saturated carbocycles. The van der Waals surface area contributed by atoms with Crippen molar-refractivity contribution in [3.8, 4) is 0 Å². The third-order valence-electron chi connectivity index (χ3n) is 4.09. The van der Waals surface area contributed by atoms with Crippen molar-refractivity contribution in [3.63, 3.8) is 0 Å². The van der Waals surface area contributed by atoms with Crippen LogP contribution in [0.2, 0.25) is 0 Å². The fourth-order valence-corrected chi connectivity index (χ4v) is 4.05. The average Bonchev–Trinajstić information content (AvgIpc) is 3.10. The molecule has 0 fully saturated rings. The lowest BCUT2D eigenvalue weighted by Crippen LogP contribution is -2.25. The van der Waals surface area contributed by atoms with Crippen LogP contribution in [0.5, 0.6) is 0 Å². The molecular weight excluding hydrogens is 284 g/mol. The Morgan fingerprint density at radius 1 is 1.57 bits per heavy atom. The molecule has 1 aliphatic rings. The van der Waals surface area contributed by atoms with Crippen LogP contribution in [0.15, 0.2) is 11.7 Å². The van der Waals surface area contributed by atoms with Gasteiger partial charge in [-0.1, -0.05) is 6.92 Å². The molecule has 112 valence electrons. The minimum absolute atomic E-state index is 0.00714. The van der Waals surface area contributed by atoms with Gasteiger partial charge in [-0.3, -0.25) is 4.79 Å². The van der Waals surface area contributed by atoms with Crippen LogP contribution in [-0.2, 0) is 25.9 Å². The Kier molecular flexibility index (Phi) is 4.05. The lowest BCUT2D eigenvalue weighted by molar-refractivity contribution is 0.0948. The van der Waals surface area contributed by atoms with Gasteiger partial charge in [0.1, 0.15) is 6.33 Å². The maximum absolute atomic E-state index is 12.4. The predicted octanol–water partition coefficient (Wildman–Crippen LogP) is 2.41. The number of amides is 1. The minimum atomic E-state index is 0.00714. The van der Waals surface area contributed by atoms with E-state index in [4.69, 9.17) is 0 Å². The highest BCUT2D eigenvalue weighted by Crippen LogP contribution is 2.32. The van der Waals surface area contributed by atoms with E-state index >= 15 is 0 Å². The van der Waals surface area contributed by atoms with Gasteiger partial charge >= 0.3 is 0 Å². The number of fused-ring (bicyclic) bond motifs is 1. The molecule has 1 atom stereocenters. The number of carbonyl (C=O) groups is 1. The Balaban J connectivity index is 1.69. The summed E-state index contributed by atoms with van der Waals surface area (Å²) in [6, 6.07) is 0. The Morgan fingerprint density at radius 2 is 2.43 bits per heavy atom. The van der Waals surface area contributed by atoms with Crippen molar-refractivity contribution >= 4 is 17.2 Å². The molecule has 0 radical (unpaired) electrons. The normalized spacial score (nSPS) is 17.5. The van der Waals surface area contributed by atoms with Crippen LogP contribution >= 0.6 is 11.3 Å². The van der Waals surface area contributed by atoms with Crippen molar-refractivity contribution in [1.29, 1.82) is 0 Å². The Morgan fingerprint density at radius 3 is 3.24 bits per heavy atom. The van der Waals surface area contributed by atoms with Crippen molar-refractivity contribution in [2.24, 2.45) is 5.92 Å². The quantitative estimate of drug-likeness (QED) is 0.943. The predicted molar refractivity (Wildman–Crippen MR) is 82.4 cm³/mol. The summed E-state index contributed by atoms with van der Waals surface area (Å²) in [5, 5.41) is 12.9. The van der Waals surface area contributed by atoms with Crippen molar-refractivity contribution in [2.45, 2.75) is 46.2 Å². The number of thiophene rings is 1. The lowest BCUT2D eigenvalue weighted by Gasteiger charge is -2.18. The van der Waals surface area contributed by atoms with E-state index in [1.165, 1.54) is 16.9 Å². The molecule has 5 nitrogen and oxygen atoms in total. The highest BCUT2D eigenvalue weighted by atomic mass is 32.1. The maximum Gasteiger partial charge on any atom is 0.252 e. The van der Waals surface area contributed by atoms with Gasteiger partial charge in [0.25, 0.3) is 5.91 Å². The zero-order valence-electron chi connectivity index (χ0n) is 12.4. The summed E-state index contributed by atoms with van der Waals surface area (Å²) in [7, 11) is 0. The van der Waals surface area contributed by atoms with Crippen molar-refractivity contribution in [3.05, 3.63) is 33.5 Å². The second-order valence-corrected chi connectivity index (χ2v) is 6.58. The van der Waals surface area contributed by atoms with E-state index in [9.17, 15) is 4.79 Å². The smallest absolute Gasteiger partial charge is 0.252 e. The summed E-state index contributed by atoms with van der Waals surface area (Å²) in [5.41, 5.74) is 2.11. The molecule has 1 N–H and O–H groups in total. The van der Waals surface area contributed by atoms with E-state index in [2.05, 4.69) is 22.4 Å². The topological polar surface area (TPSA) is 59.8 Å². The zero-order valence-corrected chi connectivity index (χ0v) is 13.2. The molecule has 0 spiro atoms. The lowest BCUT2D eigenvalue weighted by atomic mass is 9.88. The molecular formula is C15H20N4OS. The average molecular weight is 304 g/mol. The third kappa shape index (κ3) is 2.85. The van der Waals surface area contributed by atoms with E-state index in [0.29, 0.717) is 6.54 Å². The van der Waals surface area contributed by atoms with E-state index < -0.39 is 0 Å². The number of hydrogen-bond acceptors (Lipinski definition) is 4. The molecule has 2 aromatic rings. The SMILES string of the molecule is CCn1cnnc1CNC(=O)c1csc2c1CC[C@@H](C)C2. The minimum Gasteiger partial charge on any atom is -0.345 e. The molecule has 2 heterocycles. The standard InChI is InChI=1S/C15H20N4OS/c1-3-19-9-17-18-14(19)7-16-15(20)12-8-21-13-6-10(2)4-5-11(12)13/h8-10H,3-7H2,1-2H3,(H,16,20)/t10-/m1/s1. The summed E-state index contributed by atoms with van der Waals surface area (Å²) < 4.78 is 1.94. The van der Waals surface area contributed by atoms with Gasteiger partial charge < -0.3 is 9.88 Å². The largest absolute Gasteiger partial charge is 0.345 e. The molecule has 0 saturated heterocycles. The number of hydrogen-bond donors (Lipinski definition) is 1. The first kappa shape index (κ1) is 14.3. The van der Waals surface area contributed by atoms with Gasteiger partial charge in [-0.15, -0.1) is 21.5 Å². The van der Waals surface area contributed by atoms with Gasteiger partial charge in [-0.25, -0.2) is 0 Å². The monoisotopic (exact) mass is 304 g/mol. The second-order valence-electron chi connectivity index (χ2n) is 5.61. The summed E-state index contributed by atoms with van der Waals surface area (Å²) in [5.74, 6) is 1.53. The molecule has 3 rings (SSSR count). The molecule has 2 aromatic heterocycles. The van der Waals surface area contributed by atoms with Crippen LogP contribution in [0, 0.1) is 5.92 Å². The zero-order chi connectivity index (χ0) is 14.8. The first-order chi connectivity index (χ1) is 10.2. The molecule has 0 unspecified atom stereocenters. The molecule has 0 aromatic carbocycles. The number of nitrogens with zero attached hydrogens (tertiary/aromatic N) is 3. The van der Waals surface area contributed by atoms with Gasteiger partial charge in [0.05, 0.1) is 12.1 Å². The van der Waals surface area contributed by atoms with E-state index in [-0.39, 0.29) is 5.91 Å². The van der Waals surface area contributed by atoms with Gasteiger partial charge in [0.2, 0.25) is 0 Å². The number of nitrogens with one attached hydrogen (secondary N) is 1. The van der Waals surface area contributed by atoms with Gasteiger partial charge in [-0.05, 0) is 37.7 Å². The van der Waals surface area contributed by atoms with Crippen LogP contribution < -0.4 is 5.32 Å². The Labute approximate surface area is 128 Å². The van der Waals surface area contributed by atoms with Crippen LogP contribution in [0.25, 0.3) is 0 Å². The summed E-state index contributed by atoms with van der Waals surface area (Å²) in [6.07, 6.45) is 4.99. The Hall–Kier alpha value is -1.69. The highest BCUT2D eigenvalue weighted by Gasteiger charge is 2.23. The molecule has 0 bridgehead atoms. The molecule has 6 heteroatoms. The van der Waals surface area contributed by atoms with Gasteiger partial charge in [0.15, 0.2) is 5.82 Å². The molecule has 1 aliphatic carbocycles. The Bertz CT molecular complexity index is 646. The summed E-state index contributed by atoms with van der Waals surface area (Å²) >= 11 is 1.72. The number of rotatable bonds is 4. The second kappa shape index (κ2) is 5.97. The molecule has 21 heavy (non-hydrogen) atoms.